The van der Waals surface area contributed by atoms with Crippen molar-refractivity contribution in [3.05, 3.63) is 47.8 Å². The van der Waals surface area contributed by atoms with E-state index in [0.29, 0.717) is 35.9 Å². The Labute approximate surface area is 187 Å². The van der Waals surface area contributed by atoms with Crippen molar-refractivity contribution in [2.24, 2.45) is 0 Å². The summed E-state index contributed by atoms with van der Waals surface area (Å²) in [6.07, 6.45) is 2.99. The van der Waals surface area contributed by atoms with Crippen LogP contribution < -0.4 is 31.9 Å². The fraction of sp³-hybridized carbons (Fsp3) is 0.294. The maximum Gasteiger partial charge on any atom is 0.252 e. The number of hydrogen-bond donors (Lipinski definition) is 6. The molecule has 0 unspecified atom stereocenters. The van der Waals surface area contributed by atoms with Crippen LogP contribution in [0.2, 0.25) is 0 Å². The van der Waals surface area contributed by atoms with Crippen LogP contribution in [0, 0.1) is 0 Å². The van der Waals surface area contributed by atoms with Gasteiger partial charge in [0.1, 0.15) is 11.6 Å². The predicted molar refractivity (Wildman–Crippen MR) is 123 cm³/mol. The Bertz CT molecular complexity index is 728. The van der Waals surface area contributed by atoms with Crippen molar-refractivity contribution in [1.29, 1.82) is 0 Å². The summed E-state index contributed by atoms with van der Waals surface area (Å²) in [5.41, 5.74) is 9.19. The average molecular weight is 471 g/mol. The maximum atomic E-state index is 12.0. The lowest BCUT2D eigenvalue weighted by atomic mass is 10.2. The fourth-order valence-corrected chi connectivity index (χ4v) is 4.03. The number of rotatable bonds is 13. The number of carbonyl (C=O) groups is 2. The molecule has 30 heavy (non-hydrogen) atoms. The Morgan fingerprint density at radius 2 is 1.37 bits per heavy atom. The number of anilines is 2. The van der Waals surface area contributed by atoms with Crippen LogP contribution in [0.3, 0.4) is 0 Å². The van der Waals surface area contributed by atoms with Crippen LogP contribution in [0.4, 0.5) is 11.6 Å². The monoisotopic (exact) mass is 470 g/mol. The van der Waals surface area contributed by atoms with Crippen molar-refractivity contribution in [2.45, 2.75) is 0 Å². The van der Waals surface area contributed by atoms with Crippen molar-refractivity contribution in [3.8, 4) is 0 Å². The first-order chi connectivity index (χ1) is 14.6. The minimum atomic E-state index is -0.185. The van der Waals surface area contributed by atoms with E-state index in [1.54, 1.807) is 52.9 Å². The number of nitrogens with zero attached hydrogens (tertiary/aromatic N) is 2. The molecule has 2 heterocycles. The summed E-state index contributed by atoms with van der Waals surface area (Å²) in [6.45, 7) is 1.08. The van der Waals surface area contributed by atoms with Crippen LogP contribution in [0.1, 0.15) is 20.7 Å². The van der Waals surface area contributed by atoms with E-state index in [9.17, 15) is 9.59 Å². The number of nitrogens with one attached hydrogen (secondary N) is 6. The molecule has 0 aliphatic heterocycles. The third-order valence-electron chi connectivity index (χ3n) is 3.50. The molecule has 0 saturated carbocycles. The van der Waals surface area contributed by atoms with Gasteiger partial charge in [0.25, 0.3) is 11.8 Å². The molecule has 2 amide bonds. The number of pyridine rings is 2. The molecule has 162 valence electrons. The first-order valence-corrected chi connectivity index (χ1v) is 11.8. The molecule has 2 aromatic heterocycles. The van der Waals surface area contributed by atoms with E-state index in [1.807, 2.05) is 0 Å². The van der Waals surface area contributed by atoms with Crippen molar-refractivity contribution >= 4 is 56.8 Å². The van der Waals surface area contributed by atoms with Crippen LogP contribution in [-0.2, 0) is 0 Å². The molecule has 0 atom stereocenters. The molecule has 6 N–H and O–H groups in total. The van der Waals surface area contributed by atoms with E-state index in [-0.39, 0.29) is 11.8 Å². The van der Waals surface area contributed by atoms with Crippen molar-refractivity contribution < 1.29 is 9.59 Å². The molecule has 0 aliphatic rings. The highest BCUT2D eigenvalue weighted by molar-refractivity contribution is 8.76. The van der Waals surface area contributed by atoms with Crippen LogP contribution in [-0.4, -0.2) is 53.4 Å². The van der Waals surface area contributed by atoms with E-state index in [4.69, 9.17) is 11.8 Å². The van der Waals surface area contributed by atoms with E-state index in [0.717, 1.165) is 11.5 Å². The summed E-state index contributed by atoms with van der Waals surface area (Å²) in [5, 5.41) is 5.68. The molecule has 2 aromatic rings. The van der Waals surface area contributed by atoms with Crippen molar-refractivity contribution in [3.63, 3.8) is 0 Å². The lowest BCUT2D eigenvalue weighted by molar-refractivity contribution is 0.0947. The number of carbonyl (C=O) groups excluding carboxylic acids is 2. The molecule has 0 radical (unpaired) electrons. The van der Waals surface area contributed by atoms with Gasteiger partial charge in [-0.25, -0.2) is 15.4 Å². The lowest BCUT2D eigenvalue weighted by Gasteiger charge is -2.07. The molecule has 2 rings (SSSR count). The van der Waals surface area contributed by atoms with Crippen LogP contribution in [0.25, 0.3) is 0 Å². The standard InChI is InChI=1S/C17H23ClN8O2S2/c1-19-24-14-4-2-12(10-22-14)16(27)20-6-8-29-30-9-7-21-17(28)13-3-5-15(23-11-13)25-26-18/h2-5,10-11,19,26H,6-9H2,1H3,(H,20,27)(H,21,28)(H,22,24)(H,23,25). The molecule has 0 spiro atoms. The molecule has 13 heteroatoms. The maximum absolute atomic E-state index is 12.0. The van der Waals surface area contributed by atoms with Gasteiger partial charge >= 0.3 is 0 Å². The van der Waals surface area contributed by atoms with Crippen LogP contribution >= 0.6 is 33.4 Å². The Balaban J connectivity index is 1.53. The molecule has 0 saturated heterocycles. The second-order valence-corrected chi connectivity index (χ2v) is 8.51. The molecule has 0 aromatic carbocycles. The summed E-state index contributed by atoms with van der Waals surface area (Å²) in [6, 6.07) is 6.74. The zero-order valence-electron chi connectivity index (χ0n) is 16.2. The number of hydrogen-bond acceptors (Lipinski definition) is 10. The highest BCUT2D eigenvalue weighted by Crippen LogP contribution is 2.19. The minimum absolute atomic E-state index is 0.159. The largest absolute Gasteiger partial charge is 0.351 e. The number of halogens is 1. The first kappa shape index (κ1) is 24.0. The Morgan fingerprint density at radius 1 is 0.867 bits per heavy atom. The van der Waals surface area contributed by atoms with Gasteiger partial charge in [0, 0.05) is 44.0 Å². The van der Waals surface area contributed by atoms with Gasteiger partial charge in [-0.05, 0) is 36.0 Å². The second kappa shape index (κ2) is 13.9. The van der Waals surface area contributed by atoms with E-state index >= 15 is 0 Å². The molecule has 0 aliphatic carbocycles. The molecule has 0 fully saturated rings. The fourth-order valence-electron chi connectivity index (χ4n) is 2.12. The molecule has 10 nitrogen and oxygen atoms in total. The van der Waals surface area contributed by atoms with Gasteiger partial charge in [-0.2, -0.15) is 0 Å². The SMILES string of the molecule is CNNc1ccc(C(=O)NCCSSCCNC(=O)c2ccc(NNCl)nc2)cn1. The van der Waals surface area contributed by atoms with Gasteiger partial charge in [0.15, 0.2) is 0 Å². The Hall–Kier alpha value is -2.25. The molecular weight excluding hydrogens is 448 g/mol. The minimum Gasteiger partial charge on any atom is -0.351 e. The van der Waals surface area contributed by atoms with E-state index in [1.165, 1.54) is 12.4 Å². The van der Waals surface area contributed by atoms with Gasteiger partial charge in [0.05, 0.1) is 11.1 Å². The summed E-state index contributed by atoms with van der Waals surface area (Å²) < 4.78 is 0. The molecular formula is C17H23ClN8O2S2. The third-order valence-corrected chi connectivity index (χ3v) is 6.01. The van der Waals surface area contributed by atoms with E-state index in [2.05, 4.69) is 41.8 Å². The zero-order chi connectivity index (χ0) is 21.6. The highest BCUT2D eigenvalue weighted by Gasteiger charge is 2.07. The number of aromatic nitrogens is 2. The van der Waals surface area contributed by atoms with Gasteiger partial charge in [0.2, 0.25) is 0 Å². The summed E-state index contributed by atoms with van der Waals surface area (Å²) >= 11 is 5.31. The van der Waals surface area contributed by atoms with E-state index < -0.39 is 0 Å². The van der Waals surface area contributed by atoms with Crippen LogP contribution in [0.5, 0.6) is 0 Å². The Morgan fingerprint density at radius 3 is 1.77 bits per heavy atom. The quantitative estimate of drug-likeness (QED) is 0.111. The topological polar surface area (TPSA) is 132 Å². The average Bonchev–Trinajstić information content (AvgIpc) is 2.76. The molecule has 0 bridgehead atoms. The number of amides is 2. The summed E-state index contributed by atoms with van der Waals surface area (Å²) in [7, 11) is 5.00. The van der Waals surface area contributed by atoms with Gasteiger partial charge in [-0.15, -0.1) is 4.94 Å². The first-order valence-electron chi connectivity index (χ1n) is 8.91. The summed E-state index contributed by atoms with van der Waals surface area (Å²) in [5.74, 6) is 2.31. The Kier molecular flexibility index (Phi) is 11.1. The van der Waals surface area contributed by atoms with Gasteiger partial charge in [-0.3, -0.25) is 15.0 Å². The summed E-state index contributed by atoms with van der Waals surface area (Å²) in [4.78, 5) is 34.5. The van der Waals surface area contributed by atoms with Gasteiger partial charge in [-0.1, -0.05) is 21.6 Å². The highest BCUT2D eigenvalue weighted by atomic mass is 35.5. The smallest absolute Gasteiger partial charge is 0.252 e. The zero-order valence-corrected chi connectivity index (χ0v) is 18.6. The predicted octanol–water partition coefficient (Wildman–Crippen LogP) is 1.63. The number of hydrazine groups is 2. The van der Waals surface area contributed by atoms with Crippen molar-refractivity contribution in [1.82, 2.24) is 31.0 Å². The van der Waals surface area contributed by atoms with Crippen molar-refractivity contribution in [2.75, 3.05) is 42.5 Å². The van der Waals surface area contributed by atoms with Gasteiger partial charge < -0.3 is 16.1 Å². The lowest BCUT2D eigenvalue weighted by Crippen LogP contribution is -2.26. The third kappa shape index (κ3) is 8.63. The van der Waals surface area contributed by atoms with Crippen LogP contribution in [0.15, 0.2) is 36.7 Å². The normalized spacial score (nSPS) is 10.3. The second-order valence-electron chi connectivity index (χ2n) is 5.61.